The first kappa shape index (κ1) is 38.5. The highest BCUT2D eigenvalue weighted by molar-refractivity contribution is 6.16. The van der Waals surface area contributed by atoms with E-state index in [9.17, 15) is 20.4 Å². The third-order valence-corrected chi connectivity index (χ3v) is 9.75. The summed E-state index contributed by atoms with van der Waals surface area (Å²) in [5.41, 5.74) is 7.90. The molecule has 4 N–H and O–H groups in total. The molecule has 0 bridgehead atoms. The van der Waals surface area contributed by atoms with E-state index in [4.69, 9.17) is 20.0 Å². The van der Waals surface area contributed by atoms with Crippen LogP contribution in [0.2, 0.25) is 0 Å². The third-order valence-electron chi connectivity index (χ3n) is 9.75. The lowest BCUT2D eigenvalue weighted by Gasteiger charge is -2.12. The monoisotopic (exact) mass is 782 g/mol. The molecule has 0 saturated carbocycles. The molecule has 0 aliphatic carbocycles. The van der Waals surface area contributed by atoms with Crippen molar-refractivity contribution in [2.24, 2.45) is 20.0 Å². The van der Waals surface area contributed by atoms with Crippen LogP contribution < -0.4 is 0 Å². The van der Waals surface area contributed by atoms with Gasteiger partial charge < -0.3 is 20.4 Å². The Kier molecular flexibility index (Phi) is 11.4. The molecule has 0 unspecified atom stereocenters. The van der Waals surface area contributed by atoms with Gasteiger partial charge in [0, 0.05) is 56.9 Å². The molecule has 60 heavy (non-hydrogen) atoms. The van der Waals surface area contributed by atoms with Crippen LogP contribution in [-0.4, -0.2) is 44.3 Å². The molecule has 0 atom stereocenters. The Bertz CT molecular complexity index is 2720. The van der Waals surface area contributed by atoms with E-state index in [-0.39, 0.29) is 23.0 Å². The predicted octanol–water partition coefficient (Wildman–Crippen LogP) is 12.0. The zero-order valence-electron chi connectivity index (χ0n) is 32.2. The fourth-order valence-electron chi connectivity index (χ4n) is 6.72. The van der Waals surface area contributed by atoms with Crippen LogP contribution in [0.3, 0.4) is 0 Å². The number of phenols is 4. The highest BCUT2D eigenvalue weighted by Gasteiger charge is 2.16. The molecule has 8 aromatic carbocycles. The first-order valence-electron chi connectivity index (χ1n) is 19.2. The lowest BCUT2D eigenvalue weighted by atomic mass is 9.98. The van der Waals surface area contributed by atoms with Crippen molar-refractivity contribution in [3.05, 3.63) is 228 Å². The summed E-state index contributed by atoms with van der Waals surface area (Å²) >= 11 is 0. The lowest BCUT2D eigenvalue weighted by Crippen LogP contribution is -2.03. The summed E-state index contributed by atoms with van der Waals surface area (Å²) in [6.45, 7) is 0. The molecule has 0 aromatic heterocycles. The molecule has 0 amide bonds. The van der Waals surface area contributed by atoms with Crippen molar-refractivity contribution in [2.45, 2.75) is 0 Å². The van der Waals surface area contributed by atoms with Crippen LogP contribution in [-0.2, 0) is 0 Å². The number of aromatic hydroxyl groups is 4. The van der Waals surface area contributed by atoms with Crippen molar-refractivity contribution in [3.8, 4) is 34.1 Å². The van der Waals surface area contributed by atoms with E-state index in [2.05, 4.69) is 0 Å². The van der Waals surface area contributed by atoms with Crippen LogP contribution in [0, 0.1) is 0 Å². The molecule has 8 aromatic rings. The molecular weight excluding hydrogens is 745 g/mol. The Morgan fingerprint density at radius 3 is 1.08 bits per heavy atom. The molecule has 0 aliphatic heterocycles. The van der Waals surface area contributed by atoms with Crippen LogP contribution >= 0.6 is 0 Å². The van der Waals surface area contributed by atoms with E-state index in [1.54, 1.807) is 73.1 Å². The molecule has 8 heteroatoms. The molecule has 0 aliphatic rings. The number of para-hydroxylation sites is 8. The summed E-state index contributed by atoms with van der Waals surface area (Å²) in [5.74, 6) is 0.0864. The molecule has 0 radical (unpaired) electrons. The number of hydrogen-bond donors (Lipinski definition) is 4. The van der Waals surface area contributed by atoms with Crippen molar-refractivity contribution in [2.75, 3.05) is 0 Å². The van der Waals surface area contributed by atoms with Gasteiger partial charge in [0.2, 0.25) is 0 Å². The van der Waals surface area contributed by atoms with Gasteiger partial charge >= 0.3 is 0 Å². The second kappa shape index (κ2) is 17.8. The van der Waals surface area contributed by atoms with Gasteiger partial charge in [-0.1, -0.05) is 133 Å². The number of aliphatic imine (C=N–C) groups is 4. The summed E-state index contributed by atoms with van der Waals surface area (Å²) in [6.07, 6.45) is 3.13. The quantitative estimate of drug-likeness (QED) is 0.0973. The van der Waals surface area contributed by atoms with Crippen molar-refractivity contribution in [3.63, 3.8) is 0 Å². The molecule has 0 heterocycles. The van der Waals surface area contributed by atoms with E-state index < -0.39 is 0 Å². The van der Waals surface area contributed by atoms with Gasteiger partial charge in [-0.15, -0.1) is 0 Å². The van der Waals surface area contributed by atoms with Gasteiger partial charge in [0.25, 0.3) is 0 Å². The molecule has 290 valence electrons. The first-order valence-corrected chi connectivity index (χ1v) is 19.2. The number of nitrogens with zero attached hydrogens (tertiary/aromatic N) is 4. The maximum Gasteiger partial charge on any atom is 0.132 e. The predicted molar refractivity (Wildman–Crippen MR) is 242 cm³/mol. The highest BCUT2D eigenvalue weighted by Crippen LogP contribution is 2.39. The van der Waals surface area contributed by atoms with Crippen LogP contribution in [0.1, 0.15) is 33.4 Å². The summed E-state index contributed by atoms with van der Waals surface area (Å²) in [7, 11) is 0. The number of phenolic OH excluding ortho intramolecular Hbond substituents is 4. The molecular formula is C52H38N4O4. The zero-order chi connectivity index (χ0) is 41.3. The van der Waals surface area contributed by atoms with Gasteiger partial charge in [-0.25, -0.2) is 9.98 Å². The Balaban J connectivity index is 1.11. The Morgan fingerprint density at radius 1 is 0.333 bits per heavy atom. The largest absolute Gasteiger partial charge is 0.507 e. The normalized spacial score (nSPS) is 12.0. The summed E-state index contributed by atoms with van der Waals surface area (Å²) in [5, 5.41) is 44.7. The fraction of sp³-hybridized carbons (Fsp3) is 0. The summed E-state index contributed by atoms with van der Waals surface area (Å²) < 4.78 is 0. The number of rotatable bonds is 11. The molecule has 8 nitrogen and oxygen atoms in total. The minimum absolute atomic E-state index is 0.0666. The highest BCUT2D eigenvalue weighted by atomic mass is 16.3. The van der Waals surface area contributed by atoms with E-state index in [0.29, 0.717) is 67.6 Å². The fourth-order valence-corrected chi connectivity index (χ4v) is 6.72. The Labute approximate surface area is 347 Å². The van der Waals surface area contributed by atoms with Gasteiger partial charge in [0.1, 0.15) is 23.0 Å². The van der Waals surface area contributed by atoms with Crippen LogP contribution in [0.4, 0.5) is 22.7 Å². The topological polar surface area (TPSA) is 130 Å². The maximum absolute atomic E-state index is 11.6. The minimum atomic E-state index is -0.0666. The second-order valence-electron chi connectivity index (χ2n) is 13.7. The standard InChI is InChI=1S/C52H38N4O4/c57-47-31-13-7-23-41(47)49(35-17-3-1-4-18-35)55-45-29-11-9-27-43(45)53-33-37-21-15-25-39(51(37)59)40-26-16-22-38(52(40)60)34-54-44-28-10-12-30-46(44)56-50(36-19-5-2-6-20-36)42-24-8-14-32-48(42)58/h1-34,57-60H/b53-33+,54-34+,55-49+,56-50+. The van der Waals surface area contributed by atoms with Gasteiger partial charge in [-0.3, -0.25) is 9.98 Å². The molecule has 0 spiro atoms. The summed E-state index contributed by atoms with van der Waals surface area (Å²) in [6, 6.07) is 58.7. The molecule has 0 fully saturated rings. The van der Waals surface area contributed by atoms with E-state index in [1.807, 2.05) is 133 Å². The van der Waals surface area contributed by atoms with Gasteiger partial charge in [-0.05, 0) is 60.7 Å². The van der Waals surface area contributed by atoms with Crippen LogP contribution in [0.25, 0.3) is 11.1 Å². The lowest BCUT2D eigenvalue weighted by molar-refractivity contribution is 0.468. The minimum Gasteiger partial charge on any atom is -0.507 e. The van der Waals surface area contributed by atoms with Crippen molar-refractivity contribution < 1.29 is 20.4 Å². The van der Waals surface area contributed by atoms with E-state index >= 15 is 0 Å². The van der Waals surface area contributed by atoms with E-state index in [0.717, 1.165) is 11.1 Å². The van der Waals surface area contributed by atoms with Gasteiger partial charge in [0.15, 0.2) is 0 Å². The van der Waals surface area contributed by atoms with Crippen LogP contribution in [0.15, 0.2) is 214 Å². The molecule has 0 saturated heterocycles. The second-order valence-corrected chi connectivity index (χ2v) is 13.7. The van der Waals surface area contributed by atoms with Gasteiger partial charge in [-0.2, -0.15) is 0 Å². The number of benzene rings is 8. The third kappa shape index (κ3) is 8.49. The smallest absolute Gasteiger partial charge is 0.132 e. The Hall–Kier alpha value is -8.36. The van der Waals surface area contributed by atoms with Gasteiger partial charge in [0.05, 0.1) is 34.2 Å². The molecule has 8 rings (SSSR count). The first-order chi connectivity index (χ1) is 29.4. The maximum atomic E-state index is 11.6. The van der Waals surface area contributed by atoms with E-state index in [1.165, 1.54) is 0 Å². The van der Waals surface area contributed by atoms with Crippen molar-refractivity contribution >= 4 is 46.6 Å². The SMILES string of the molecule is Oc1ccccc1/C(=N/c1ccccc1/N=C/c1cccc(-c2cccc(/C=N/c3ccccc3/N=C(\c3ccccc3)c3ccccc3O)c2O)c1O)c1ccccc1. The summed E-state index contributed by atoms with van der Waals surface area (Å²) in [4.78, 5) is 19.5. The van der Waals surface area contributed by atoms with Crippen LogP contribution in [0.5, 0.6) is 23.0 Å². The van der Waals surface area contributed by atoms with Crippen molar-refractivity contribution in [1.82, 2.24) is 0 Å². The zero-order valence-corrected chi connectivity index (χ0v) is 32.2. The Morgan fingerprint density at radius 2 is 0.683 bits per heavy atom. The number of hydrogen-bond acceptors (Lipinski definition) is 8. The van der Waals surface area contributed by atoms with Crippen molar-refractivity contribution in [1.29, 1.82) is 0 Å². The average Bonchev–Trinajstić information content (AvgIpc) is 3.29. The average molecular weight is 783 g/mol.